The fourth-order valence-electron chi connectivity index (χ4n) is 14.2. The van der Waals surface area contributed by atoms with Gasteiger partial charge in [-0.15, -0.1) is 0 Å². The average Bonchev–Trinajstić information content (AvgIpc) is 1.58. The highest BCUT2D eigenvalue weighted by molar-refractivity contribution is 5.74. The lowest BCUT2D eigenvalue weighted by atomic mass is 9.88. The molecule has 0 aliphatic carbocycles. The van der Waals surface area contributed by atoms with Gasteiger partial charge in [-0.1, -0.05) is 231 Å². The van der Waals surface area contributed by atoms with Gasteiger partial charge in [-0.05, 0) is 216 Å². The van der Waals surface area contributed by atoms with Gasteiger partial charge >= 0.3 is 0 Å². The van der Waals surface area contributed by atoms with Crippen molar-refractivity contribution in [3.05, 3.63) is 394 Å². The second-order valence-electron chi connectivity index (χ2n) is 30.2. The van der Waals surface area contributed by atoms with Crippen molar-refractivity contribution >= 4 is 17.1 Å². The van der Waals surface area contributed by atoms with Gasteiger partial charge < -0.3 is 37.9 Å². The summed E-state index contributed by atoms with van der Waals surface area (Å²) in [7, 11) is 4.13. The highest BCUT2D eigenvalue weighted by Crippen LogP contribution is 2.41. The van der Waals surface area contributed by atoms with E-state index in [1.807, 2.05) is 61.8 Å². The van der Waals surface area contributed by atoms with Gasteiger partial charge in [0.05, 0.1) is 41.8 Å². The Morgan fingerprint density at radius 3 is 1.03 bits per heavy atom. The van der Waals surface area contributed by atoms with Gasteiger partial charge in [0, 0.05) is 128 Å². The Kier molecular flexibility index (Phi) is 27.7. The molecule has 576 valence electrons. The largest absolute Gasteiger partial charge is 0.361 e. The van der Waals surface area contributed by atoms with Crippen LogP contribution in [0.25, 0.3) is 78.8 Å². The molecule has 12 heteroatoms. The fraction of sp³-hybridized carbons (Fsp3) is 0.196. The van der Waals surface area contributed by atoms with Crippen LogP contribution in [-0.4, -0.2) is 63.7 Å². The van der Waals surface area contributed by atoms with Crippen LogP contribution in [0.5, 0.6) is 0 Å². The highest BCUT2D eigenvalue weighted by atomic mass is 15.3. The molecule has 0 N–H and O–H groups in total. The lowest BCUT2D eigenvalue weighted by molar-refractivity contribution is 0.496. The van der Waals surface area contributed by atoms with Crippen LogP contribution >= 0.6 is 0 Å². The summed E-state index contributed by atoms with van der Waals surface area (Å²) < 4.78 is 9.11. The molecule has 0 radical (unpaired) electrons. The first-order valence-corrected chi connectivity index (χ1v) is 39.8. The van der Waals surface area contributed by atoms with Gasteiger partial charge in [-0.2, -0.15) is 10.2 Å². The number of aromatic nitrogens is 8. The van der Waals surface area contributed by atoms with E-state index in [4.69, 9.17) is 0 Å². The maximum atomic E-state index is 4.41. The van der Waals surface area contributed by atoms with Gasteiger partial charge in [0.15, 0.2) is 0 Å². The van der Waals surface area contributed by atoms with Crippen molar-refractivity contribution in [1.29, 1.82) is 0 Å². The van der Waals surface area contributed by atoms with E-state index in [9.17, 15) is 0 Å². The van der Waals surface area contributed by atoms with Crippen molar-refractivity contribution < 1.29 is 0 Å². The normalized spacial score (nSPS) is 12.1. The molecular weight excluding hydrogens is 1390 g/mol. The summed E-state index contributed by atoms with van der Waals surface area (Å²) >= 11 is 0. The predicted octanol–water partition coefficient (Wildman–Crippen LogP) is 25.7. The summed E-state index contributed by atoms with van der Waals surface area (Å²) in [6, 6.07) is 104. The zero-order valence-corrected chi connectivity index (χ0v) is 68.3. The van der Waals surface area contributed by atoms with E-state index < -0.39 is 0 Å². The number of hydrogen-bond donors (Lipinski definition) is 0. The predicted molar refractivity (Wildman–Crippen MR) is 479 cm³/mol. The summed E-state index contributed by atoms with van der Waals surface area (Å²) in [5, 5.41) is 8.43. The molecule has 2 aliphatic rings. The Morgan fingerprint density at radius 1 is 0.307 bits per heavy atom. The topological polar surface area (TPSA) is 84.2 Å². The van der Waals surface area contributed by atoms with Crippen LogP contribution in [0.4, 0.5) is 17.1 Å². The molecule has 6 aromatic heterocycles. The van der Waals surface area contributed by atoms with Crippen LogP contribution in [0.1, 0.15) is 127 Å². The SMILES string of the molecule is C1=CN(c2ccccc2)CN1c1ccccc1.CC(C)c1cc(-c2cccnn2)cc(C(C)C)c1-n1cccc1-c1ccccc1.CC(C)n1cccc1-c1ccccc1.CN1C=CN(c2ccccc2)C1.Cc1ncc(-c2cc(C(C)C)c(-n3cccc3-c3ccccc3)c(C(C)C)c2)cn1.Cn1cccc1-c1ccccc1. The van der Waals surface area contributed by atoms with Crippen molar-refractivity contribution in [1.82, 2.24) is 43.3 Å². The molecule has 0 spiro atoms. The summed E-state index contributed by atoms with van der Waals surface area (Å²) in [6.07, 6.45) is 22.5. The summed E-state index contributed by atoms with van der Waals surface area (Å²) in [5.41, 5.74) is 25.9. The molecule has 0 amide bonds. The van der Waals surface area contributed by atoms with Crippen LogP contribution < -0.4 is 14.7 Å². The minimum atomic E-state index is 0.380. The number of nitrogens with zero attached hydrogens (tertiary/aromatic N) is 12. The first kappa shape index (κ1) is 80.5. The average molecular weight is 1500 g/mol. The monoisotopic (exact) mass is 1500 g/mol. The minimum Gasteiger partial charge on any atom is -0.361 e. The lowest BCUT2D eigenvalue weighted by Crippen LogP contribution is -2.24. The Labute approximate surface area is 676 Å². The molecule has 0 saturated heterocycles. The first-order chi connectivity index (χ1) is 55.5. The first-order valence-electron chi connectivity index (χ1n) is 39.8. The van der Waals surface area contributed by atoms with Crippen LogP contribution in [-0.2, 0) is 7.05 Å². The van der Waals surface area contributed by atoms with E-state index in [2.05, 4.69) is 446 Å². The van der Waals surface area contributed by atoms with E-state index in [1.54, 1.807) is 6.20 Å². The second kappa shape index (κ2) is 39.2. The van der Waals surface area contributed by atoms with Gasteiger partial charge in [-0.3, -0.25) is 0 Å². The molecule has 0 saturated carbocycles. The Hall–Kier alpha value is -13.1. The van der Waals surface area contributed by atoms with Crippen molar-refractivity contribution in [2.75, 3.05) is 35.1 Å². The van der Waals surface area contributed by atoms with Crippen molar-refractivity contribution in [2.24, 2.45) is 7.05 Å². The molecule has 9 aromatic carbocycles. The maximum absolute atomic E-state index is 4.41. The molecule has 15 aromatic rings. The number of anilines is 3. The zero-order valence-electron chi connectivity index (χ0n) is 68.3. The summed E-state index contributed by atoms with van der Waals surface area (Å²) in [6.45, 7) is 26.2. The van der Waals surface area contributed by atoms with Gasteiger partial charge in [0.1, 0.15) is 5.82 Å². The van der Waals surface area contributed by atoms with E-state index in [-0.39, 0.29) is 0 Å². The third-order valence-corrected chi connectivity index (χ3v) is 20.2. The van der Waals surface area contributed by atoms with Crippen LogP contribution in [0.2, 0.25) is 0 Å². The summed E-state index contributed by atoms with van der Waals surface area (Å²) in [4.78, 5) is 17.6. The quantitative estimate of drug-likeness (QED) is 0.0946. The van der Waals surface area contributed by atoms with E-state index in [0.29, 0.717) is 29.7 Å². The van der Waals surface area contributed by atoms with Crippen LogP contribution in [0.15, 0.2) is 365 Å². The van der Waals surface area contributed by atoms with E-state index >= 15 is 0 Å². The molecule has 0 unspecified atom stereocenters. The molecule has 12 nitrogen and oxygen atoms in total. The highest BCUT2D eigenvalue weighted by Gasteiger charge is 2.24. The van der Waals surface area contributed by atoms with E-state index in [0.717, 1.165) is 36.0 Å². The number of para-hydroxylation sites is 3. The van der Waals surface area contributed by atoms with E-state index in [1.165, 1.54) is 101 Å². The number of benzene rings is 9. The molecule has 17 rings (SSSR count). The van der Waals surface area contributed by atoms with Gasteiger partial charge in [0.25, 0.3) is 0 Å². The molecular formula is C102H108N12. The number of aryl methyl sites for hydroxylation is 2. The van der Waals surface area contributed by atoms with Crippen molar-refractivity contribution in [3.63, 3.8) is 0 Å². The van der Waals surface area contributed by atoms with Crippen molar-refractivity contribution in [2.45, 2.75) is 106 Å². The standard InChI is InChI=1S/C27H29N3.C26H27N3.C15H14N2.C13H15N.C11H11N.C10H12N2/c1-18(2)24-14-22(23-16-28-20(5)29-17-23)15-25(19(3)4)27(24)30-13-9-12-26(30)21-10-7-6-8-11-21;1-18(2)22-16-21(24-12-8-14-27-28-24)17-23(19(3)4)26(22)29-15-9-13-25(29)20-10-6-5-7-11-20;1-3-7-14(8-4-1)16-11-12-17(13-16)15-9-5-2-6-10-15;1-11(2)14-10-6-9-13(14)12-7-4-3-5-8-12;1-12-9-5-8-11(12)10-6-3-2-4-7-10;1-11-7-8-12(9-11)10-5-3-2-4-6-10/h6-19H,1-5H3;5-19H,1-4H3;1-12H,13H2;3-11H,1-2H3;2-9H,1H3;2-8H,9H2,1H3. The Morgan fingerprint density at radius 2 is 0.658 bits per heavy atom. The van der Waals surface area contributed by atoms with Crippen LogP contribution in [0, 0.1) is 6.92 Å². The zero-order chi connectivity index (χ0) is 79.9. The maximum Gasteiger partial charge on any atom is 0.125 e. The van der Waals surface area contributed by atoms with Crippen molar-refractivity contribution in [3.8, 4) is 78.8 Å². The molecule has 8 heterocycles. The Balaban J connectivity index is 0.000000132. The fourth-order valence-corrected chi connectivity index (χ4v) is 14.2. The number of hydrogen-bond acceptors (Lipinski definition) is 8. The molecule has 0 fully saturated rings. The molecule has 0 atom stereocenters. The smallest absolute Gasteiger partial charge is 0.125 e. The molecule has 0 bridgehead atoms. The lowest BCUT2D eigenvalue weighted by Gasteiger charge is -2.24. The third-order valence-electron chi connectivity index (χ3n) is 20.2. The van der Waals surface area contributed by atoms with Gasteiger partial charge in [0.2, 0.25) is 0 Å². The van der Waals surface area contributed by atoms with Crippen LogP contribution in [0.3, 0.4) is 0 Å². The number of rotatable bonds is 16. The molecule has 2 aliphatic heterocycles. The second-order valence-corrected chi connectivity index (χ2v) is 30.2. The Bertz CT molecular complexity index is 5350. The minimum absolute atomic E-state index is 0.380. The third kappa shape index (κ3) is 20.5. The summed E-state index contributed by atoms with van der Waals surface area (Å²) in [5.74, 6) is 2.32. The van der Waals surface area contributed by atoms with Gasteiger partial charge in [-0.25, -0.2) is 9.97 Å². The molecule has 114 heavy (non-hydrogen) atoms.